The van der Waals surface area contributed by atoms with E-state index >= 15 is 0 Å². The molecular formula is C30H37Cl3N6O5Si. The maximum atomic E-state index is 12.4. The van der Waals surface area contributed by atoms with Gasteiger partial charge in [-0.25, -0.2) is 14.8 Å². The summed E-state index contributed by atoms with van der Waals surface area (Å²) < 4.78 is 15.6. The molecule has 0 atom stereocenters. The summed E-state index contributed by atoms with van der Waals surface area (Å²) >= 11 is 17.0. The summed E-state index contributed by atoms with van der Waals surface area (Å²) in [5, 5.41) is 5.51. The van der Waals surface area contributed by atoms with E-state index in [4.69, 9.17) is 53.7 Å². The minimum Gasteiger partial charge on any atom is -0.475 e. The number of nitrogens with one attached hydrogen (secondary N) is 2. The third kappa shape index (κ3) is 10.2. The van der Waals surface area contributed by atoms with Gasteiger partial charge in [0.1, 0.15) is 19.0 Å². The Labute approximate surface area is 278 Å². The Kier molecular flexibility index (Phi) is 11.0. The number of amides is 2. The Morgan fingerprint density at radius 2 is 1.76 bits per heavy atom. The molecule has 0 aliphatic heterocycles. The summed E-state index contributed by atoms with van der Waals surface area (Å²) in [4.78, 5) is 42.8. The molecule has 0 bridgehead atoms. The third-order valence-electron chi connectivity index (χ3n) is 7.50. The van der Waals surface area contributed by atoms with Crippen molar-refractivity contribution in [2.75, 3.05) is 30.5 Å². The van der Waals surface area contributed by atoms with Crippen LogP contribution in [0, 0.1) is 12.8 Å². The fraction of sp³-hybridized carbons (Fsp3) is 0.467. The Morgan fingerprint density at radius 3 is 2.42 bits per heavy atom. The van der Waals surface area contributed by atoms with E-state index < -0.39 is 24.8 Å². The van der Waals surface area contributed by atoms with Gasteiger partial charge in [0.15, 0.2) is 14.1 Å². The summed E-state index contributed by atoms with van der Waals surface area (Å²) in [5.41, 5.74) is 2.69. The van der Waals surface area contributed by atoms with Crippen LogP contribution in [0.1, 0.15) is 39.3 Å². The first kappa shape index (κ1) is 34.8. The minimum absolute atomic E-state index is 0.0274. The van der Waals surface area contributed by atoms with Crippen LogP contribution in [-0.2, 0) is 14.0 Å². The van der Waals surface area contributed by atoms with Crippen LogP contribution < -0.4 is 15.4 Å². The predicted octanol–water partition coefficient (Wildman–Crippen LogP) is 7.58. The SMILES string of the molecule is Cc1ncc(NC(=O)OCC(Cl)(Cl)Cl)cc1-c1cc(OCCO[Si](C)(C)C(C)(C)C)nc(-c2ccnc(NC(=O)C3CC3)c2)n1. The van der Waals surface area contributed by atoms with Gasteiger partial charge in [0.2, 0.25) is 15.6 Å². The Bertz CT molecular complexity index is 1540. The van der Waals surface area contributed by atoms with Crippen molar-refractivity contribution in [3.8, 4) is 28.5 Å². The molecule has 0 aromatic carbocycles. The lowest BCUT2D eigenvalue weighted by Crippen LogP contribution is -2.41. The molecule has 242 valence electrons. The smallest absolute Gasteiger partial charge is 0.411 e. The molecule has 2 N–H and O–H groups in total. The second kappa shape index (κ2) is 14.2. The van der Waals surface area contributed by atoms with Crippen molar-refractivity contribution >= 4 is 66.6 Å². The van der Waals surface area contributed by atoms with Gasteiger partial charge in [-0.05, 0) is 56.1 Å². The van der Waals surface area contributed by atoms with Gasteiger partial charge in [-0.15, -0.1) is 0 Å². The van der Waals surface area contributed by atoms with Crippen molar-refractivity contribution in [1.82, 2.24) is 19.9 Å². The van der Waals surface area contributed by atoms with Crippen molar-refractivity contribution in [3.05, 3.63) is 42.4 Å². The molecule has 3 aromatic rings. The number of anilines is 2. The second-order valence-corrected chi connectivity index (χ2v) is 19.6. The normalized spacial score (nSPS) is 13.7. The highest BCUT2D eigenvalue weighted by Crippen LogP contribution is 2.36. The lowest BCUT2D eigenvalue weighted by Gasteiger charge is -2.36. The monoisotopic (exact) mass is 694 g/mol. The van der Waals surface area contributed by atoms with E-state index in [1.54, 1.807) is 30.5 Å². The molecule has 1 aliphatic carbocycles. The van der Waals surface area contributed by atoms with Crippen LogP contribution in [0.5, 0.6) is 5.88 Å². The molecular weight excluding hydrogens is 659 g/mol. The van der Waals surface area contributed by atoms with Crippen LogP contribution in [0.3, 0.4) is 0 Å². The van der Waals surface area contributed by atoms with Gasteiger partial charge in [-0.3, -0.25) is 15.1 Å². The number of rotatable bonds is 11. The van der Waals surface area contributed by atoms with E-state index in [-0.39, 0.29) is 23.5 Å². The Morgan fingerprint density at radius 1 is 1.02 bits per heavy atom. The fourth-order valence-electron chi connectivity index (χ4n) is 3.80. The summed E-state index contributed by atoms with van der Waals surface area (Å²) in [6.07, 6.45) is 4.00. The van der Waals surface area contributed by atoms with Gasteiger partial charge in [0.25, 0.3) is 0 Å². The highest BCUT2D eigenvalue weighted by Gasteiger charge is 2.37. The zero-order chi connectivity index (χ0) is 33.0. The topological polar surface area (TPSA) is 137 Å². The van der Waals surface area contributed by atoms with E-state index in [1.807, 2.05) is 6.92 Å². The molecule has 1 fully saturated rings. The highest BCUT2D eigenvalue weighted by atomic mass is 35.6. The number of aryl methyl sites for hydroxylation is 1. The summed E-state index contributed by atoms with van der Waals surface area (Å²) in [7, 11) is -1.97. The molecule has 1 aliphatic rings. The number of halogens is 3. The number of alkyl halides is 3. The zero-order valence-electron chi connectivity index (χ0n) is 26.0. The van der Waals surface area contributed by atoms with E-state index in [0.717, 1.165) is 12.8 Å². The van der Waals surface area contributed by atoms with Crippen LogP contribution in [0.2, 0.25) is 18.1 Å². The predicted molar refractivity (Wildman–Crippen MR) is 178 cm³/mol. The van der Waals surface area contributed by atoms with Crippen LogP contribution in [-0.4, -0.2) is 63.9 Å². The van der Waals surface area contributed by atoms with Gasteiger partial charge in [0, 0.05) is 35.0 Å². The number of hydrogen-bond donors (Lipinski definition) is 2. The average Bonchev–Trinajstić information content (AvgIpc) is 3.80. The summed E-state index contributed by atoms with van der Waals surface area (Å²) in [6.45, 7) is 13.0. The molecule has 0 unspecified atom stereocenters. The van der Waals surface area contributed by atoms with Gasteiger partial charge in [0.05, 0.1) is 24.2 Å². The number of ether oxygens (including phenoxy) is 2. The summed E-state index contributed by atoms with van der Waals surface area (Å²) in [6, 6.07) is 6.86. The van der Waals surface area contributed by atoms with Crippen molar-refractivity contribution in [2.24, 2.45) is 5.92 Å². The fourth-order valence-corrected chi connectivity index (χ4v) is 4.99. The highest BCUT2D eigenvalue weighted by molar-refractivity contribution is 6.74. The standard InChI is InChI=1S/C30H37Cl3N6O5Si/c1-18-22(14-21(16-35-18)36-28(41)43-17-30(31,32)33)23-15-25(42-11-12-44-45(5,6)29(2,3)4)39-26(37-23)20-9-10-34-24(13-20)38-27(40)19-7-8-19/h9-10,13-16,19H,7-8,11-12,17H2,1-6H3,(H,36,41)(H,34,38,40). The van der Waals surface area contributed by atoms with E-state index in [0.29, 0.717) is 52.3 Å². The first-order valence-corrected chi connectivity index (χ1v) is 18.5. The molecule has 2 amide bonds. The molecule has 3 aromatic heterocycles. The van der Waals surface area contributed by atoms with E-state index in [1.165, 1.54) is 6.20 Å². The summed E-state index contributed by atoms with van der Waals surface area (Å²) in [5.74, 6) is 1.03. The average molecular weight is 696 g/mol. The van der Waals surface area contributed by atoms with Crippen LogP contribution in [0.15, 0.2) is 36.7 Å². The minimum atomic E-state index is -1.97. The number of pyridine rings is 2. The lowest BCUT2D eigenvalue weighted by molar-refractivity contribution is -0.117. The zero-order valence-corrected chi connectivity index (χ0v) is 29.3. The van der Waals surface area contributed by atoms with Gasteiger partial charge >= 0.3 is 6.09 Å². The van der Waals surface area contributed by atoms with Gasteiger partial charge in [-0.2, -0.15) is 4.98 Å². The number of nitrogens with zero attached hydrogens (tertiary/aromatic N) is 4. The van der Waals surface area contributed by atoms with E-state index in [9.17, 15) is 9.59 Å². The maximum Gasteiger partial charge on any atom is 0.411 e. The van der Waals surface area contributed by atoms with Crippen molar-refractivity contribution < 1.29 is 23.5 Å². The van der Waals surface area contributed by atoms with Crippen molar-refractivity contribution in [1.29, 1.82) is 0 Å². The maximum absolute atomic E-state index is 12.4. The lowest BCUT2D eigenvalue weighted by atomic mass is 10.1. The molecule has 0 radical (unpaired) electrons. The second-order valence-electron chi connectivity index (χ2n) is 12.2. The Balaban J connectivity index is 1.63. The first-order chi connectivity index (χ1) is 21.0. The van der Waals surface area contributed by atoms with Crippen molar-refractivity contribution in [2.45, 2.75) is 62.5 Å². The largest absolute Gasteiger partial charge is 0.475 e. The van der Waals surface area contributed by atoms with Crippen LogP contribution in [0.4, 0.5) is 16.3 Å². The first-order valence-electron chi connectivity index (χ1n) is 14.4. The number of hydrogen-bond acceptors (Lipinski definition) is 9. The number of aromatic nitrogens is 4. The third-order valence-corrected chi connectivity index (χ3v) is 12.4. The number of carbonyl (C=O) groups excluding carboxylic acids is 2. The Hall–Kier alpha value is -3.03. The molecule has 11 nitrogen and oxygen atoms in total. The van der Waals surface area contributed by atoms with Crippen LogP contribution >= 0.6 is 34.8 Å². The van der Waals surface area contributed by atoms with Gasteiger partial charge in [-0.1, -0.05) is 55.6 Å². The molecule has 1 saturated carbocycles. The number of carbonyl (C=O) groups is 2. The molecule has 3 heterocycles. The van der Waals surface area contributed by atoms with Gasteiger partial charge < -0.3 is 19.2 Å². The molecule has 15 heteroatoms. The molecule has 0 saturated heterocycles. The quantitative estimate of drug-likeness (QED) is 0.118. The van der Waals surface area contributed by atoms with E-state index in [2.05, 4.69) is 59.5 Å². The molecule has 0 spiro atoms. The van der Waals surface area contributed by atoms with Crippen molar-refractivity contribution in [3.63, 3.8) is 0 Å². The molecule has 4 rings (SSSR count). The van der Waals surface area contributed by atoms with Crippen LogP contribution in [0.25, 0.3) is 22.6 Å². The molecule has 45 heavy (non-hydrogen) atoms.